The highest BCUT2D eigenvalue weighted by atomic mass is 16.5. The van der Waals surface area contributed by atoms with Crippen molar-refractivity contribution < 1.29 is 19.4 Å². The van der Waals surface area contributed by atoms with Gasteiger partial charge in [-0.05, 0) is 13.0 Å². The highest BCUT2D eigenvalue weighted by Gasteiger charge is 2.21. The third-order valence-electron chi connectivity index (χ3n) is 2.52. The zero-order chi connectivity index (χ0) is 11.7. The number of anilines is 1. The zero-order valence-corrected chi connectivity index (χ0v) is 8.95. The van der Waals surface area contributed by atoms with E-state index in [-0.39, 0.29) is 5.56 Å². The standard InChI is InChI=1S/C11H13NO4/c1-6-7(11(13)14)5-8(12)10-9(6)15-3-2-4-16-10/h5H,2-4,12H2,1H3,(H,13,14). The van der Waals surface area contributed by atoms with Crippen LogP contribution in [0.15, 0.2) is 6.07 Å². The molecule has 0 aliphatic carbocycles. The third kappa shape index (κ3) is 1.64. The first-order valence-electron chi connectivity index (χ1n) is 5.03. The lowest BCUT2D eigenvalue weighted by atomic mass is 10.1. The quantitative estimate of drug-likeness (QED) is 0.704. The summed E-state index contributed by atoms with van der Waals surface area (Å²) >= 11 is 0. The van der Waals surface area contributed by atoms with E-state index in [4.69, 9.17) is 20.3 Å². The summed E-state index contributed by atoms with van der Waals surface area (Å²) in [6, 6.07) is 1.41. The van der Waals surface area contributed by atoms with Crippen molar-refractivity contribution in [3.05, 3.63) is 17.2 Å². The number of aromatic carboxylic acids is 1. The second-order valence-corrected chi connectivity index (χ2v) is 3.65. The number of hydrogen-bond acceptors (Lipinski definition) is 4. The number of rotatable bonds is 1. The SMILES string of the molecule is Cc1c(C(=O)O)cc(N)c2c1OCCCO2. The van der Waals surface area contributed by atoms with Crippen molar-refractivity contribution in [3.63, 3.8) is 0 Å². The average Bonchev–Trinajstić information content (AvgIpc) is 2.48. The molecule has 1 aromatic carbocycles. The monoisotopic (exact) mass is 223 g/mol. The fourth-order valence-electron chi connectivity index (χ4n) is 1.71. The lowest BCUT2D eigenvalue weighted by Crippen LogP contribution is -2.06. The van der Waals surface area contributed by atoms with Crippen molar-refractivity contribution in [2.75, 3.05) is 18.9 Å². The zero-order valence-electron chi connectivity index (χ0n) is 8.95. The number of carbonyl (C=O) groups is 1. The molecule has 0 amide bonds. The fraction of sp³-hybridized carbons (Fsp3) is 0.364. The molecule has 0 bridgehead atoms. The molecule has 1 heterocycles. The maximum absolute atomic E-state index is 11.0. The Balaban J connectivity index is 2.61. The minimum atomic E-state index is -1.01. The number of ether oxygens (including phenoxy) is 2. The maximum atomic E-state index is 11.0. The summed E-state index contributed by atoms with van der Waals surface area (Å²) in [5.74, 6) is -0.102. The molecule has 0 spiro atoms. The van der Waals surface area contributed by atoms with E-state index in [9.17, 15) is 4.79 Å². The lowest BCUT2D eigenvalue weighted by molar-refractivity contribution is 0.0695. The largest absolute Gasteiger partial charge is 0.489 e. The van der Waals surface area contributed by atoms with Gasteiger partial charge in [0.25, 0.3) is 0 Å². The Morgan fingerprint density at radius 1 is 1.38 bits per heavy atom. The maximum Gasteiger partial charge on any atom is 0.336 e. The predicted molar refractivity (Wildman–Crippen MR) is 58.2 cm³/mol. The Kier molecular flexibility index (Phi) is 2.60. The van der Waals surface area contributed by atoms with Gasteiger partial charge in [-0.15, -0.1) is 0 Å². The van der Waals surface area contributed by atoms with E-state index in [1.807, 2.05) is 0 Å². The predicted octanol–water partition coefficient (Wildman–Crippen LogP) is 1.44. The molecule has 1 aliphatic heterocycles. The van der Waals surface area contributed by atoms with Crippen LogP contribution in [-0.2, 0) is 0 Å². The number of nitrogens with two attached hydrogens (primary N) is 1. The van der Waals surface area contributed by atoms with Crippen LogP contribution in [0.5, 0.6) is 11.5 Å². The normalized spacial score (nSPS) is 14.3. The van der Waals surface area contributed by atoms with Crippen LogP contribution in [0, 0.1) is 6.92 Å². The second kappa shape index (κ2) is 3.92. The first kappa shape index (κ1) is 10.6. The molecular weight excluding hydrogens is 210 g/mol. The lowest BCUT2D eigenvalue weighted by Gasteiger charge is -2.14. The third-order valence-corrected chi connectivity index (χ3v) is 2.52. The van der Waals surface area contributed by atoms with Gasteiger partial charge < -0.3 is 20.3 Å². The van der Waals surface area contributed by atoms with Crippen molar-refractivity contribution in [2.24, 2.45) is 0 Å². The Morgan fingerprint density at radius 3 is 2.62 bits per heavy atom. The van der Waals surface area contributed by atoms with Gasteiger partial charge in [-0.3, -0.25) is 0 Å². The van der Waals surface area contributed by atoms with Crippen LogP contribution in [-0.4, -0.2) is 24.3 Å². The van der Waals surface area contributed by atoms with E-state index >= 15 is 0 Å². The molecule has 0 unspecified atom stereocenters. The minimum absolute atomic E-state index is 0.154. The number of hydrogen-bond donors (Lipinski definition) is 2. The summed E-state index contributed by atoms with van der Waals surface area (Å²) in [6.07, 6.45) is 0.760. The van der Waals surface area contributed by atoms with Crippen LogP contribution in [0.4, 0.5) is 5.69 Å². The van der Waals surface area contributed by atoms with Crippen LogP contribution in [0.3, 0.4) is 0 Å². The molecule has 86 valence electrons. The van der Waals surface area contributed by atoms with Gasteiger partial charge in [0.1, 0.15) is 0 Å². The van der Waals surface area contributed by atoms with Gasteiger partial charge >= 0.3 is 5.97 Å². The van der Waals surface area contributed by atoms with E-state index in [0.717, 1.165) is 6.42 Å². The van der Waals surface area contributed by atoms with Crippen molar-refractivity contribution in [3.8, 4) is 11.5 Å². The van der Waals surface area contributed by atoms with Gasteiger partial charge in [-0.2, -0.15) is 0 Å². The molecule has 0 saturated heterocycles. The van der Waals surface area contributed by atoms with Gasteiger partial charge in [0.05, 0.1) is 24.5 Å². The van der Waals surface area contributed by atoms with Crippen LogP contribution >= 0.6 is 0 Å². The molecule has 5 nitrogen and oxygen atoms in total. The first-order valence-corrected chi connectivity index (χ1v) is 5.03. The number of carboxylic acids is 1. The smallest absolute Gasteiger partial charge is 0.336 e. The van der Waals surface area contributed by atoms with Crippen molar-refractivity contribution in [1.29, 1.82) is 0 Å². The molecule has 0 radical (unpaired) electrons. The summed E-state index contributed by atoms with van der Waals surface area (Å²) in [5.41, 5.74) is 6.76. The van der Waals surface area contributed by atoms with E-state index in [0.29, 0.717) is 36.0 Å². The Bertz CT molecular complexity index is 442. The average molecular weight is 223 g/mol. The van der Waals surface area contributed by atoms with E-state index in [1.165, 1.54) is 6.07 Å². The summed E-state index contributed by atoms with van der Waals surface area (Å²) in [7, 11) is 0. The molecule has 0 atom stereocenters. The summed E-state index contributed by atoms with van der Waals surface area (Å²) in [5, 5.41) is 9.01. The molecule has 0 fully saturated rings. The topological polar surface area (TPSA) is 81.8 Å². The van der Waals surface area contributed by atoms with Gasteiger partial charge in [-0.1, -0.05) is 0 Å². The van der Waals surface area contributed by atoms with Crippen molar-refractivity contribution in [1.82, 2.24) is 0 Å². The second-order valence-electron chi connectivity index (χ2n) is 3.65. The molecule has 1 aromatic rings. The van der Waals surface area contributed by atoms with Crippen molar-refractivity contribution in [2.45, 2.75) is 13.3 Å². The first-order chi connectivity index (χ1) is 7.61. The van der Waals surface area contributed by atoms with E-state index in [1.54, 1.807) is 6.92 Å². The summed E-state index contributed by atoms with van der Waals surface area (Å²) < 4.78 is 10.9. The summed E-state index contributed by atoms with van der Waals surface area (Å²) in [6.45, 7) is 2.73. The van der Waals surface area contributed by atoms with Crippen LogP contribution < -0.4 is 15.2 Å². The van der Waals surface area contributed by atoms with E-state index < -0.39 is 5.97 Å². The molecule has 5 heteroatoms. The molecular formula is C11H13NO4. The van der Waals surface area contributed by atoms with Gasteiger partial charge in [0.15, 0.2) is 11.5 Å². The van der Waals surface area contributed by atoms with Crippen LogP contribution in [0.25, 0.3) is 0 Å². The van der Waals surface area contributed by atoms with Crippen LogP contribution in [0.1, 0.15) is 22.3 Å². The Hall–Kier alpha value is -1.91. The number of carboxylic acid groups (broad SMARTS) is 1. The van der Waals surface area contributed by atoms with Gasteiger partial charge in [0, 0.05) is 12.0 Å². The van der Waals surface area contributed by atoms with Gasteiger partial charge in [0.2, 0.25) is 0 Å². The minimum Gasteiger partial charge on any atom is -0.489 e. The van der Waals surface area contributed by atoms with Gasteiger partial charge in [-0.25, -0.2) is 4.79 Å². The highest BCUT2D eigenvalue weighted by molar-refractivity contribution is 5.92. The number of benzene rings is 1. The molecule has 2 rings (SSSR count). The highest BCUT2D eigenvalue weighted by Crippen LogP contribution is 2.40. The molecule has 1 aliphatic rings. The van der Waals surface area contributed by atoms with Crippen LogP contribution in [0.2, 0.25) is 0 Å². The fourth-order valence-corrected chi connectivity index (χ4v) is 1.71. The molecule has 0 saturated carbocycles. The molecule has 3 N–H and O–H groups in total. The summed E-state index contributed by atoms with van der Waals surface area (Å²) in [4.78, 5) is 11.0. The van der Waals surface area contributed by atoms with E-state index in [2.05, 4.69) is 0 Å². The van der Waals surface area contributed by atoms with Crippen molar-refractivity contribution >= 4 is 11.7 Å². The number of fused-ring (bicyclic) bond motifs is 1. The number of nitrogen functional groups attached to an aromatic ring is 1. The Morgan fingerprint density at radius 2 is 2.00 bits per heavy atom. The molecule has 16 heavy (non-hydrogen) atoms. The Labute approximate surface area is 92.8 Å². The molecule has 0 aromatic heterocycles.